The summed E-state index contributed by atoms with van der Waals surface area (Å²) in [7, 11) is 0. The SMILES string of the molecule is CC1=[C]([Co])CC=C1.O=C(O)O.O=C(O)O. The Morgan fingerprint density at radius 2 is 1.53 bits per heavy atom. The Morgan fingerprint density at radius 3 is 1.60 bits per heavy atom. The first-order valence-electron chi connectivity index (χ1n) is 3.60. The summed E-state index contributed by atoms with van der Waals surface area (Å²) in [5, 5.41) is 27.9. The summed E-state index contributed by atoms with van der Waals surface area (Å²) >= 11 is 4.25. The number of allylic oxidation sites excluding steroid dienone is 4. The van der Waals surface area contributed by atoms with Gasteiger partial charge in [0.1, 0.15) is 0 Å². The van der Waals surface area contributed by atoms with E-state index in [0.29, 0.717) is 0 Å². The molecule has 0 radical (unpaired) electrons. The van der Waals surface area contributed by atoms with E-state index < -0.39 is 12.3 Å². The van der Waals surface area contributed by atoms with E-state index in [-0.39, 0.29) is 0 Å². The molecule has 0 aromatic heterocycles. The molecule has 0 saturated carbocycles. The fraction of sp³-hybridized carbons (Fsp3) is 0.250. The Morgan fingerprint density at radius 1 is 1.20 bits per heavy atom. The predicted octanol–water partition coefficient (Wildman–Crippen LogP) is 2.21. The first-order valence-corrected chi connectivity index (χ1v) is 4.12. The molecule has 0 aliphatic heterocycles. The molecule has 0 fully saturated rings. The summed E-state index contributed by atoms with van der Waals surface area (Å²) in [5.74, 6) is 0. The van der Waals surface area contributed by atoms with Gasteiger partial charge in [-0.25, -0.2) is 9.59 Å². The molecule has 0 bridgehead atoms. The molecule has 0 spiro atoms. The number of hydrogen-bond acceptors (Lipinski definition) is 2. The van der Waals surface area contributed by atoms with Crippen LogP contribution in [-0.2, 0) is 15.7 Å². The molecule has 6 nitrogen and oxygen atoms in total. The topological polar surface area (TPSA) is 115 Å². The van der Waals surface area contributed by atoms with Crippen molar-refractivity contribution in [2.24, 2.45) is 0 Å². The van der Waals surface area contributed by atoms with Crippen LogP contribution in [0.15, 0.2) is 22.2 Å². The van der Waals surface area contributed by atoms with Crippen molar-refractivity contribution in [2.75, 3.05) is 0 Å². The minimum atomic E-state index is -1.83. The second kappa shape index (κ2) is 9.10. The zero-order chi connectivity index (χ0) is 12.4. The van der Waals surface area contributed by atoms with E-state index in [4.69, 9.17) is 30.0 Å². The summed E-state index contributed by atoms with van der Waals surface area (Å²) in [4.78, 5) is 17.1. The fourth-order valence-electron chi connectivity index (χ4n) is 0.582. The molecule has 0 heterocycles. The van der Waals surface area contributed by atoms with Crippen molar-refractivity contribution in [3.63, 3.8) is 0 Å². The largest absolute Gasteiger partial charge is 0.503 e. The summed E-state index contributed by atoms with van der Waals surface area (Å²) < 4.78 is 1.20. The number of carbonyl (C=O) groups is 2. The molecule has 4 N–H and O–H groups in total. The van der Waals surface area contributed by atoms with Gasteiger partial charge in [-0.15, -0.1) is 0 Å². The van der Waals surface area contributed by atoms with Crippen LogP contribution in [0.25, 0.3) is 0 Å². The van der Waals surface area contributed by atoms with Crippen LogP contribution in [0.1, 0.15) is 13.3 Å². The summed E-state index contributed by atoms with van der Waals surface area (Å²) in [6.07, 6.45) is 1.59. The monoisotopic (exact) mass is 262 g/mol. The van der Waals surface area contributed by atoms with Crippen molar-refractivity contribution in [1.29, 1.82) is 0 Å². The van der Waals surface area contributed by atoms with Gasteiger partial charge < -0.3 is 20.4 Å². The van der Waals surface area contributed by atoms with E-state index in [9.17, 15) is 0 Å². The zero-order valence-electron chi connectivity index (χ0n) is 7.80. The van der Waals surface area contributed by atoms with Crippen LogP contribution in [0.2, 0.25) is 0 Å². The average Bonchev–Trinajstić information content (AvgIpc) is 2.33. The smallest absolute Gasteiger partial charge is 0.450 e. The predicted molar refractivity (Wildman–Crippen MR) is 47.8 cm³/mol. The molecule has 0 aromatic carbocycles. The van der Waals surface area contributed by atoms with E-state index >= 15 is 0 Å². The third-order valence-electron chi connectivity index (χ3n) is 1.07. The third-order valence-corrected chi connectivity index (χ3v) is 1.69. The van der Waals surface area contributed by atoms with Crippen LogP contribution in [0.5, 0.6) is 0 Å². The molecule has 0 amide bonds. The van der Waals surface area contributed by atoms with Gasteiger partial charge in [-0.05, 0) is 0 Å². The Labute approximate surface area is 94.1 Å². The van der Waals surface area contributed by atoms with Crippen molar-refractivity contribution in [3.05, 3.63) is 22.2 Å². The number of hydrogen-bond donors (Lipinski definition) is 4. The van der Waals surface area contributed by atoms with Crippen molar-refractivity contribution in [3.8, 4) is 0 Å². The quantitative estimate of drug-likeness (QED) is 0.532. The first kappa shape index (κ1) is 16.0. The van der Waals surface area contributed by atoms with Crippen LogP contribution < -0.4 is 0 Å². The minimum absolute atomic E-state index is 1.03. The van der Waals surface area contributed by atoms with Gasteiger partial charge in [0.25, 0.3) is 0 Å². The van der Waals surface area contributed by atoms with Crippen molar-refractivity contribution in [1.82, 2.24) is 0 Å². The van der Waals surface area contributed by atoms with Crippen molar-refractivity contribution >= 4 is 12.3 Å². The van der Waals surface area contributed by atoms with Crippen molar-refractivity contribution in [2.45, 2.75) is 13.3 Å². The van der Waals surface area contributed by atoms with Gasteiger partial charge in [0.2, 0.25) is 0 Å². The average molecular weight is 262 g/mol. The molecule has 88 valence electrons. The van der Waals surface area contributed by atoms with Gasteiger partial charge in [-0.1, -0.05) is 0 Å². The minimum Gasteiger partial charge on any atom is -0.450 e. The zero-order valence-corrected chi connectivity index (χ0v) is 8.84. The third kappa shape index (κ3) is 19.1. The van der Waals surface area contributed by atoms with Gasteiger partial charge in [-0.2, -0.15) is 0 Å². The second-order valence-electron chi connectivity index (χ2n) is 2.23. The maximum Gasteiger partial charge on any atom is 0.503 e. The van der Waals surface area contributed by atoms with Crippen LogP contribution in [-0.4, -0.2) is 32.7 Å². The number of rotatable bonds is 0. The molecule has 0 unspecified atom stereocenters. The Bertz CT molecular complexity index is 261. The standard InChI is InChI=1S/C6H7.2CH2O3.Co/c1-6-4-2-3-5-6;2*2-1(3)4;/h2,4H,3H2,1H3;2*(H2,2,3,4);. The molecule has 0 atom stereocenters. The molecule has 1 rings (SSSR count). The maximum atomic E-state index is 8.56. The van der Waals surface area contributed by atoms with E-state index in [1.54, 1.807) is 0 Å². The van der Waals surface area contributed by atoms with Crippen molar-refractivity contribution < 1.29 is 45.8 Å². The molecule has 7 heteroatoms. The first-order chi connectivity index (χ1) is 6.77. The van der Waals surface area contributed by atoms with E-state index in [2.05, 4.69) is 34.8 Å². The van der Waals surface area contributed by atoms with Gasteiger partial charge in [0, 0.05) is 0 Å². The molecular formula is C8H11CoO6. The Kier molecular flexibility index (Phi) is 9.69. The van der Waals surface area contributed by atoms with Gasteiger partial charge in [0.15, 0.2) is 0 Å². The van der Waals surface area contributed by atoms with Gasteiger partial charge in [-0.3, -0.25) is 0 Å². The Balaban J connectivity index is 0. The van der Waals surface area contributed by atoms with Crippen LogP contribution in [0.4, 0.5) is 9.59 Å². The molecule has 1 aliphatic carbocycles. The van der Waals surface area contributed by atoms with Crippen LogP contribution in [0.3, 0.4) is 0 Å². The second-order valence-corrected chi connectivity index (χ2v) is 2.86. The van der Waals surface area contributed by atoms with E-state index in [1.807, 2.05) is 0 Å². The molecule has 0 saturated heterocycles. The maximum absolute atomic E-state index is 8.56. The molecule has 15 heavy (non-hydrogen) atoms. The summed E-state index contributed by atoms with van der Waals surface area (Å²) in [6.45, 7) is 2.07. The molecule has 1 aliphatic rings. The fourth-order valence-corrected chi connectivity index (χ4v) is 0.791. The number of carboxylic acid groups (broad SMARTS) is 4. The van der Waals surface area contributed by atoms with Crippen LogP contribution >= 0.6 is 0 Å². The molecular weight excluding hydrogens is 251 g/mol. The summed E-state index contributed by atoms with van der Waals surface area (Å²) in [6, 6.07) is 0. The van der Waals surface area contributed by atoms with E-state index in [1.165, 1.54) is 10.1 Å². The van der Waals surface area contributed by atoms with Gasteiger partial charge in [0.05, 0.1) is 0 Å². The van der Waals surface area contributed by atoms with Gasteiger partial charge >= 0.3 is 63.6 Å². The molecule has 0 aromatic rings. The Hall–Kier alpha value is -1.47. The summed E-state index contributed by atoms with van der Waals surface area (Å²) in [5.41, 5.74) is 1.31. The van der Waals surface area contributed by atoms with Crippen LogP contribution in [0, 0.1) is 0 Å². The normalized spacial score (nSPS) is 12.2. The van der Waals surface area contributed by atoms with E-state index in [0.717, 1.165) is 6.42 Å².